The van der Waals surface area contributed by atoms with Gasteiger partial charge in [0.2, 0.25) is 0 Å². The fraction of sp³-hybridized carbons (Fsp3) is 0.219. The molecule has 6 nitrogen and oxygen atoms in total. The number of para-hydroxylation sites is 2. The zero-order valence-corrected chi connectivity index (χ0v) is 21.5. The van der Waals surface area contributed by atoms with Crippen LogP contribution in [0.1, 0.15) is 30.5 Å². The van der Waals surface area contributed by atoms with Gasteiger partial charge in [-0.05, 0) is 67.4 Å². The highest BCUT2D eigenvalue weighted by Crippen LogP contribution is 2.53. The number of carbonyl (C=O) groups is 1. The molecular formula is C32H31NO5. The van der Waals surface area contributed by atoms with Crippen molar-refractivity contribution in [2.75, 3.05) is 18.1 Å². The second-order valence-corrected chi connectivity index (χ2v) is 9.51. The predicted octanol–water partition coefficient (Wildman–Crippen LogP) is 5.22. The Morgan fingerprint density at radius 3 is 1.66 bits per heavy atom. The molecule has 0 aromatic heterocycles. The summed E-state index contributed by atoms with van der Waals surface area (Å²) in [4.78, 5) is 16.5. The number of benzene rings is 4. The van der Waals surface area contributed by atoms with Crippen LogP contribution >= 0.6 is 0 Å². The number of carbonyl (C=O) groups excluding carboxylic acids is 1. The number of nitrogens with zero attached hydrogens (tertiary/aromatic N) is 1. The Bertz CT molecular complexity index is 1330. The van der Waals surface area contributed by atoms with E-state index in [1.165, 1.54) is 0 Å². The second-order valence-electron chi connectivity index (χ2n) is 9.51. The number of aliphatic hydroxyl groups excluding tert-OH is 2. The van der Waals surface area contributed by atoms with Crippen LogP contribution in [0.2, 0.25) is 0 Å². The van der Waals surface area contributed by atoms with Crippen LogP contribution in [0.15, 0.2) is 103 Å². The maximum atomic E-state index is 14.7. The van der Waals surface area contributed by atoms with Crippen LogP contribution in [-0.4, -0.2) is 41.5 Å². The summed E-state index contributed by atoms with van der Waals surface area (Å²) in [6.45, 7) is 3.41. The van der Waals surface area contributed by atoms with Crippen molar-refractivity contribution in [1.82, 2.24) is 0 Å². The molecule has 1 heterocycles. The SMILES string of the molecule is CC(CO)Oc1ccc(C2(c3ccc(OC(C)CO)cc3)C(=O)N(c3ccccc3)c3ccccc32)cc1. The first-order valence-corrected chi connectivity index (χ1v) is 12.7. The van der Waals surface area contributed by atoms with E-state index in [9.17, 15) is 15.0 Å². The molecule has 194 valence electrons. The molecule has 5 rings (SSSR count). The summed E-state index contributed by atoms with van der Waals surface area (Å²) >= 11 is 0. The third-order valence-electron chi connectivity index (χ3n) is 6.85. The zero-order valence-electron chi connectivity index (χ0n) is 21.5. The van der Waals surface area contributed by atoms with Gasteiger partial charge >= 0.3 is 0 Å². The Kier molecular flexibility index (Phi) is 7.18. The minimum Gasteiger partial charge on any atom is -0.488 e. The van der Waals surface area contributed by atoms with Gasteiger partial charge in [0.1, 0.15) is 29.1 Å². The molecule has 2 unspecified atom stereocenters. The Morgan fingerprint density at radius 2 is 1.16 bits per heavy atom. The first-order chi connectivity index (χ1) is 18.5. The third-order valence-corrected chi connectivity index (χ3v) is 6.85. The first-order valence-electron chi connectivity index (χ1n) is 12.7. The van der Waals surface area contributed by atoms with E-state index in [2.05, 4.69) is 0 Å². The van der Waals surface area contributed by atoms with E-state index >= 15 is 0 Å². The number of hydrogen-bond donors (Lipinski definition) is 2. The minimum absolute atomic E-state index is 0.0836. The summed E-state index contributed by atoms with van der Waals surface area (Å²) < 4.78 is 11.6. The van der Waals surface area contributed by atoms with Crippen LogP contribution in [0.25, 0.3) is 0 Å². The average molecular weight is 510 g/mol. The summed E-state index contributed by atoms with van der Waals surface area (Å²) in [7, 11) is 0. The lowest BCUT2D eigenvalue weighted by Gasteiger charge is -2.31. The van der Waals surface area contributed by atoms with Crippen molar-refractivity contribution < 1.29 is 24.5 Å². The lowest BCUT2D eigenvalue weighted by atomic mass is 9.70. The van der Waals surface area contributed by atoms with Crippen molar-refractivity contribution in [3.8, 4) is 11.5 Å². The number of rotatable bonds is 9. The summed E-state index contributed by atoms with van der Waals surface area (Å²) in [5, 5.41) is 18.8. The standard InChI is InChI=1S/C32H31NO5/c1-22(20-34)37-27-16-12-24(13-17-27)32(25-14-18-28(19-15-25)38-23(2)21-35)29-10-6-7-11-30(29)33(31(32)36)26-8-4-3-5-9-26/h3-19,22-23,34-35H,20-21H2,1-2H3. The van der Waals surface area contributed by atoms with E-state index < -0.39 is 5.41 Å². The number of aliphatic hydroxyl groups is 2. The molecule has 1 amide bonds. The lowest BCUT2D eigenvalue weighted by Crippen LogP contribution is -2.40. The smallest absolute Gasteiger partial charge is 0.251 e. The predicted molar refractivity (Wildman–Crippen MR) is 147 cm³/mol. The summed E-state index contributed by atoms with van der Waals surface area (Å²) in [5.41, 5.74) is 2.98. The molecular weight excluding hydrogens is 478 g/mol. The third kappa shape index (κ3) is 4.42. The Balaban J connectivity index is 1.69. The van der Waals surface area contributed by atoms with Gasteiger partial charge in [0, 0.05) is 11.3 Å². The molecule has 0 spiro atoms. The summed E-state index contributed by atoms with van der Waals surface area (Å²) in [6, 6.07) is 32.6. The maximum Gasteiger partial charge on any atom is 0.251 e. The van der Waals surface area contributed by atoms with Crippen molar-refractivity contribution in [3.05, 3.63) is 120 Å². The van der Waals surface area contributed by atoms with Gasteiger partial charge in [-0.2, -0.15) is 0 Å². The zero-order chi connectivity index (χ0) is 26.7. The van der Waals surface area contributed by atoms with E-state index in [-0.39, 0.29) is 31.3 Å². The van der Waals surface area contributed by atoms with Crippen LogP contribution in [0.3, 0.4) is 0 Å². The van der Waals surface area contributed by atoms with Gasteiger partial charge in [-0.15, -0.1) is 0 Å². The van der Waals surface area contributed by atoms with Gasteiger partial charge in [-0.1, -0.05) is 60.7 Å². The van der Waals surface area contributed by atoms with Crippen molar-refractivity contribution in [2.24, 2.45) is 0 Å². The number of amides is 1. The molecule has 1 aliphatic heterocycles. The molecule has 0 fully saturated rings. The van der Waals surface area contributed by atoms with Crippen molar-refractivity contribution in [3.63, 3.8) is 0 Å². The summed E-state index contributed by atoms with van der Waals surface area (Å²) in [6.07, 6.45) is -0.683. The molecule has 0 saturated heterocycles. The van der Waals surface area contributed by atoms with E-state index in [0.29, 0.717) is 11.5 Å². The second kappa shape index (κ2) is 10.7. The van der Waals surface area contributed by atoms with Crippen LogP contribution in [0, 0.1) is 0 Å². The lowest BCUT2D eigenvalue weighted by molar-refractivity contribution is -0.120. The number of fused-ring (bicyclic) bond motifs is 1. The first kappa shape index (κ1) is 25.5. The highest BCUT2D eigenvalue weighted by Gasteiger charge is 2.53. The molecule has 6 heteroatoms. The van der Waals surface area contributed by atoms with Crippen LogP contribution in [0.5, 0.6) is 11.5 Å². The van der Waals surface area contributed by atoms with E-state index in [1.807, 2.05) is 103 Å². The fourth-order valence-corrected chi connectivity index (χ4v) is 5.04. The quantitative estimate of drug-likeness (QED) is 0.324. The average Bonchev–Trinajstić information content (AvgIpc) is 3.22. The molecule has 2 atom stereocenters. The van der Waals surface area contributed by atoms with Crippen LogP contribution < -0.4 is 14.4 Å². The molecule has 4 aromatic carbocycles. The maximum absolute atomic E-state index is 14.7. The monoisotopic (exact) mass is 509 g/mol. The van der Waals surface area contributed by atoms with Crippen molar-refractivity contribution >= 4 is 17.3 Å². The number of hydrogen-bond acceptors (Lipinski definition) is 5. The number of ether oxygens (including phenoxy) is 2. The molecule has 38 heavy (non-hydrogen) atoms. The Hall–Kier alpha value is -4.13. The van der Waals surface area contributed by atoms with Gasteiger partial charge < -0.3 is 19.7 Å². The molecule has 4 aromatic rings. The van der Waals surface area contributed by atoms with Gasteiger partial charge in [0.05, 0.1) is 18.9 Å². The minimum atomic E-state index is -1.12. The van der Waals surface area contributed by atoms with Crippen molar-refractivity contribution in [2.45, 2.75) is 31.5 Å². The molecule has 0 aliphatic carbocycles. The molecule has 1 aliphatic rings. The molecule has 0 bridgehead atoms. The number of anilines is 2. The Morgan fingerprint density at radius 1 is 0.684 bits per heavy atom. The normalized spacial score (nSPS) is 18.1. The topological polar surface area (TPSA) is 79.2 Å². The van der Waals surface area contributed by atoms with E-state index in [4.69, 9.17) is 9.47 Å². The fourth-order valence-electron chi connectivity index (χ4n) is 5.04. The van der Waals surface area contributed by atoms with E-state index in [0.717, 1.165) is 28.1 Å². The molecule has 0 radical (unpaired) electrons. The van der Waals surface area contributed by atoms with E-state index in [1.54, 1.807) is 18.7 Å². The van der Waals surface area contributed by atoms with Gasteiger partial charge in [-0.25, -0.2) is 0 Å². The largest absolute Gasteiger partial charge is 0.488 e. The van der Waals surface area contributed by atoms with Crippen LogP contribution in [-0.2, 0) is 10.2 Å². The van der Waals surface area contributed by atoms with Gasteiger partial charge in [-0.3, -0.25) is 9.69 Å². The molecule has 2 N–H and O–H groups in total. The van der Waals surface area contributed by atoms with Gasteiger partial charge in [0.25, 0.3) is 5.91 Å². The van der Waals surface area contributed by atoms with Gasteiger partial charge in [0.15, 0.2) is 0 Å². The molecule has 0 saturated carbocycles. The summed E-state index contributed by atoms with van der Waals surface area (Å²) in [5.74, 6) is 1.15. The van der Waals surface area contributed by atoms with Crippen molar-refractivity contribution in [1.29, 1.82) is 0 Å². The highest BCUT2D eigenvalue weighted by molar-refractivity contribution is 6.17. The Labute approximate surface area is 222 Å². The highest BCUT2D eigenvalue weighted by atomic mass is 16.5. The van der Waals surface area contributed by atoms with Crippen LogP contribution in [0.4, 0.5) is 11.4 Å².